The molecule has 1 aliphatic heterocycles. The van der Waals surface area contributed by atoms with Gasteiger partial charge in [0, 0.05) is 6.54 Å². The number of nitrogens with zero attached hydrogens (tertiary/aromatic N) is 1. The van der Waals surface area contributed by atoms with Gasteiger partial charge in [-0.15, -0.1) is 0 Å². The summed E-state index contributed by atoms with van der Waals surface area (Å²) >= 11 is 0. The van der Waals surface area contributed by atoms with Gasteiger partial charge in [0.15, 0.2) is 6.61 Å². The molecule has 2 rings (SSSR count). The van der Waals surface area contributed by atoms with Crippen LogP contribution in [0.5, 0.6) is 0 Å². The fourth-order valence-corrected chi connectivity index (χ4v) is 2.31. The molecule has 0 N–H and O–H groups in total. The Labute approximate surface area is 122 Å². The normalized spacial score (nSPS) is 17.4. The third-order valence-corrected chi connectivity index (χ3v) is 3.38. The van der Waals surface area contributed by atoms with E-state index in [4.69, 9.17) is 4.74 Å². The van der Waals surface area contributed by atoms with Crippen molar-refractivity contribution in [1.82, 2.24) is 4.90 Å². The quantitative estimate of drug-likeness (QED) is 0.774. The minimum absolute atomic E-state index is 0.374. The summed E-state index contributed by atoms with van der Waals surface area (Å²) in [5.74, 6) is -1.37. The Balaban J connectivity index is 1.90. The van der Waals surface area contributed by atoms with Crippen molar-refractivity contribution in [3.8, 4) is 0 Å². The monoisotopic (exact) mass is 291 g/mol. The van der Waals surface area contributed by atoms with Crippen LogP contribution in [-0.4, -0.2) is 49.0 Å². The molecule has 1 amide bonds. The molecule has 6 heteroatoms. The molecule has 1 saturated heterocycles. The SMILES string of the molecule is COC(=O)C1CCCN1C(=O)COC(=O)c1ccccc1. The highest BCUT2D eigenvalue weighted by atomic mass is 16.5. The van der Waals surface area contributed by atoms with Gasteiger partial charge in [-0.25, -0.2) is 9.59 Å². The van der Waals surface area contributed by atoms with Crippen LogP contribution >= 0.6 is 0 Å². The van der Waals surface area contributed by atoms with E-state index in [0.717, 1.165) is 6.42 Å². The Morgan fingerprint density at radius 2 is 1.95 bits per heavy atom. The number of hydrogen-bond acceptors (Lipinski definition) is 5. The molecule has 0 saturated carbocycles. The number of hydrogen-bond donors (Lipinski definition) is 0. The second-order valence-electron chi connectivity index (χ2n) is 4.71. The molecule has 21 heavy (non-hydrogen) atoms. The van der Waals surface area contributed by atoms with E-state index in [-0.39, 0.29) is 12.5 Å². The van der Waals surface area contributed by atoms with Crippen LogP contribution in [0.3, 0.4) is 0 Å². The molecular formula is C15H17NO5. The number of methoxy groups -OCH3 is 1. The fourth-order valence-electron chi connectivity index (χ4n) is 2.31. The van der Waals surface area contributed by atoms with Crippen molar-refractivity contribution in [2.24, 2.45) is 0 Å². The molecule has 1 aliphatic rings. The van der Waals surface area contributed by atoms with Crippen molar-refractivity contribution in [3.05, 3.63) is 35.9 Å². The Morgan fingerprint density at radius 3 is 2.62 bits per heavy atom. The summed E-state index contributed by atoms with van der Waals surface area (Å²) in [4.78, 5) is 36.8. The number of rotatable bonds is 4. The summed E-state index contributed by atoms with van der Waals surface area (Å²) in [6.45, 7) is 0.0999. The van der Waals surface area contributed by atoms with Crippen LogP contribution in [0.2, 0.25) is 0 Å². The largest absolute Gasteiger partial charge is 0.467 e. The lowest BCUT2D eigenvalue weighted by Gasteiger charge is -2.22. The van der Waals surface area contributed by atoms with Gasteiger partial charge in [-0.3, -0.25) is 4.79 Å². The highest BCUT2D eigenvalue weighted by molar-refractivity contribution is 5.92. The minimum Gasteiger partial charge on any atom is -0.467 e. The molecule has 1 aromatic rings. The molecule has 0 aliphatic carbocycles. The molecule has 1 heterocycles. The smallest absolute Gasteiger partial charge is 0.338 e. The Kier molecular flexibility index (Phi) is 4.92. The fraction of sp³-hybridized carbons (Fsp3) is 0.400. The highest BCUT2D eigenvalue weighted by Gasteiger charge is 2.35. The van der Waals surface area contributed by atoms with E-state index in [2.05, 4.69) is 4.74 Å². The lowest BCUT2D eigenvalue weighted by atomic mass is 10.2. The number of carbonyl (C=O) groups excluding carboxylic acids is 3. The van der Waals surface area contributed by atoms with Crippen LogP contribution < -0.4 is 0 Å². The van der Waals surface area contributed by atoms with Crippen LogP contribution in [0.4, 0.5) is 0 Å². The van der Waals surface area contributed by atoms with E-state index in [1.54, 1.807) is 30.3 Å². The van der Waals surface area contributed by atoms with E-state index in [1.807, 2.05) is 0 Å². The number of ether oxygens (including phenoxy) is 2. The first-order chi connectivity index (χ1) is 10.1. The van der Waals surface area contributed by atoms with Crippen molar-refractivity contribution in [1.29, 1.82) is 0 Å². The summed E-state index contributed by atoms with van der Waals surface area (Å²) in [7, 11) is 1.29. The van der Waals surface area contributed by atoms with Gasteiger partial charge in [-0.05, 0) is 25.0 Å². The molecule has 112 valence electrons. The second kappa shape index (κ2) is 6.88. The molecule has 1 atom stereocenters. The highest BCUT2D eigenvalue weighted by Crippen LogP contribution is 2.18. The van der Waals surface area contributed by atoms with Crippen LogP contribution in [0.15, 0.2) is 30.3 Å². The first-order valence-corrected chi connectivity index (χ1v) is 6.73. The maximum Gasteiger partial charge on any atom is 0.338 e. The summed E-state index contributed by atoms with van der Waals surface area (Å²) < 4.78 is 9.65. The zero-order chi connectivity index (χ0) is 15.2. The van der Waals surface area contributed by atoms with Gasteiger partial charge in [-0.2, -0.15) is 0 Å². The summed E-state index contributed by atoms with van der Waals surface area (Å²) in [5.41, 5.74) is 0.385. The lowest BCUT2D eigenvalue weighted by Crippen LogP contribution is -2.43. The van der Waals surface area contributed by atoms with Crippen LogP contribution in [0.25, 0.3) is 0 Å². The average molecular weight is 291 g/mol. The predicted molar refractivity (Wildman–Crippen MR) is 73.5 cm³/mol. The first kappa shape index (κ1) is 15.0. The number of amides is 1. The Bertz CT molecular complexity index is 528. The third-order valence-electron chi connectivity index (χ3n) is 3.38. The number of carbonyl (C=O) groups is 3. The molecule has 0 bridgehead atoms. The van der Waals surface area contributed by atoms with Crippen LogP contribution in [-0.2, 0) is 19.1 Å². The van der Waals surface area contributed by atoms with Crippen LogP contribution in [0, 0.1) is 0 Å². The van der Waals surface area contributed by atoms with Crippen molar-refractivity contribution >= 4 is 17.8 Å². The second-order valence-corrected chi connectivity index (χ2v) is 4.71. The first-order valence-electron chi connectivity index (χ1n) is 6.73. The van der Waals surface area contributed by atoms with E-state index in [1.165, 1.54) is 12.0 Å². The molecule has 1 aromatic carbocycles. The molecule has 0 spiro atoms. The number of likely N-dealkylation sites (tertiary alicyclic amines) is 1. The van der Waals surface area contributed by atoms with Gasteiger partial charge in [0.1, 0.15) is 6.04 Å². The standard InChI is InChI=1S/C15H17NO5/c1-20-15(19)12-8-5-9-16(12)13(17)10-21-14(18)11-6-3-2-4-7-11/h2-4,6-7,12H,5,8-10H2,1H3. The molecule has 1 fully saturated rings. The molecule has 0 radical (unpaired) electrons. The van der Waals surface area contributed by atoms with E-state index in [9.17, 15) is 14.4 Å². The van der Waals surface area contributed by atoms with Crippen molar-refractivity contribution < 1.29 is 23.9 Å². The van der Waals surface area contributed by atoms with Gasteiger partial charge >= 0.3 is 11.9 Å². The molecule has 1 unspecified atom stereocenters. The summed E-state index contributed by atoms with van der Waals surface area (Å²) in [6, 6.07) is 7.86. The number of benzene rings is 1. The Morgan fingerprint density at radius 1 is 1.24 bits per heavy atom. The van der Waals surface area contributed by atoms with Crippen molar-refractivity contribution in [2.45, 2.75) is 18.9 Å². The summed E-state index contributed by atoms with van der Waals surface area (Å²) in [6.07, 6.45) is 1.31. The average Bonchev–Trinajstić information content (AvgIpc) is 3.02. The Hall–Kier alpha value is -2.37. The summed E-state index contributed by atoms with van der Waals surface area (Å²) in [5, 5.41) is 0. The van der Waals surface area contributed by atoms with Crippen molar-refractivity contribution in [2.75, 3.05) is 20.3 Å². The van der Waals surface area contributed by atoms with Gasteiger partial charge < -0.3 is 14.4 Å². The molecule has 0 aromatic heterocycles. The van der Waals surface area contributed by atoms with Crippen LogP contribution in [0.1, 0.15) is 23.2 Å². The predicted octanol–water partition coefficient (Wildman–Crippen LogP) is 1.01. The lowest BCUT2D eigenvalue weighted by molar-refractivity contribution is -0.151. The van der Waals surface area contributed by atoms with Gasteiger partial charge in [0.05, 0.1) is 12.7 Å². The minimum atomic E-state index is -0.571. The van der Waals surface area contributed by atoms with E-state index < -0.39 is 18.0 Å². The topological polar surface area (TPSA) is 72.9 Å². The number of esters is 2. The zero-order valence-corrected chi connectivity index (χ0v) is 11.8. The van der Waals surface area contributed by atoms with E-state index >= 15 is 0 Å². The molecule has 6 nitrogen and oxygen atoms in total. The van der Waals surface area contributed by atoms with Gasteiger partial charge in [0.2, 0.25) is 0 Å². The maximum absolute atomic E-state index is 12.1. The van der Waals surface area contributed by atoms with Crippen molar-refractivity contribution in [3.63, 3.8) is 0 Å². The van der Waals surface area contributed by atoms with Gasteiger partial charge in [-0.1, -0.05) is 18.2 Å². The van der Waals surface area contributed by atoms with Gasteiger partial charge in [0.25, 0.3) is 5.91 Å². The van der Waals surface area contributed by atoms with E-state index in [0.29, 0.717) is 18.5 Å². The maximum atomic E-state index is 12.1. The zero-order valence-electron chi connectivity index (χ0n) is 11.8. The molecular weight excluding hydrogens is 274 g/mol. The third kappa shape index (κ3) is 3.59.